The number of rotatable bonds is 4. The summed E-state index contributed by atoms with van der Waals surface area (Å²) in [6, 6.07) is 9.52. The van der Waals surface area contributed by atoms with Gasteiger partial charge in [-0.2, -0.15) is 0 Å². The molecule has 0 aliphatic carbocycles. The van der Waals surface area contributed by atoms with Gasteiger partial charge in [0.25, 0.3) is 0 Å². The van der Waals surface area contributed by atoms with Gasteiger partial charge >= 0.3 is 0 Å². The molecule has 0 amide bonds. The quantitative estimate of drug-likeness (QED) is 0.898. The average Bonchev–Trinajstić information content (AvgIpc) is 2.38. The van der Waals surface area contributed by atoms with Crippen molar-refractivity contribution in [1.82, 2.24) is 9.97 Å². The van der Waals surface area contributed by atoms with E-state index in [0.717, 1.165) is 28.6 Å². The Bertz CT molecular complexity index is 571. The topological polar surface area (TPSA) is 63.8 Å². The maximum atomic E-state index is 6.18. The van der Waals surface area contributed by atoms with Crippen LogP contribution in [0.4, 0.5) is 11.6 Å². The van der Waals surface area contributed by atoms with Crippen molar-refractivity contribution in [3.63, 3.8) is 0 Å². The van der Waals surface area contributed by atoms with E-state index >= 15 is 0 Å². The van der Waals surface area contributed by atoms with Crippen LogP contribution in [-0.4, -0.2) is 9.97 Å². The van der Waals surface area contributed by atoms with Crippen LogP contribution in [0.5, 0.6) is 0 Å². The van der Waals surface area contributed by atoms with Crippen molar-refractivity contribution in [2.45, 2.75) is 26.3 Å². The lowest BCUT2D eigenvalue weighted by molar-refractivity contribution is 0.858. The molecule has 0 radical (unpaired) electrons. The van der Waals surface area contributed by atoms with Crippen LogP contribution < -0.4 is 11.1 Å². The molecule has 1 heterocycles. The maximum Gasteiger partial charge on any atom is 0.132 e. The summed E-state index contributed by atoms with van der Waals surface area (Å²) in [6.45, 7) is 4.03. The number of hydrogen-bond donors (Lipinski definition) is 2. The summed E-state index contributed by atoms with van der Waals surface area (Å²) in [5, 5.41) is 4.04. The summed E-state index contributed by atoms with van der Waals surface area (Å²) in [5.74, 6) is 1.92. The first-order valence-corrected chi connectivity index (χ1v) is 6.62. The van der Waals surface area contributed by atoms with Crippen LogP contribution in [0.15, 0.2) is 30.3 Å². The molecule has 0 aliphatic heterocycles. The van der Waals surface area contributed by atoms with Gasteiger partial charge in [-0.05, 0) is 18.6 Å². The SMILES string of the molecule is CCc1nc(N)cc(NC(C)c2ccccc2Cl)n1. The number of nitrogens with zero attached hydrogens (tertiary/aromatic N) is 2. The van der Waals surface area contributed by atoms with Gasteiger partial charge in [0, 0.05) is 17.5 Å². The van der Waals surface area contributed by atoms with Crippen molar-refractivity contribution in [3.05, 3.63) is 46.7 Å². The van der Waals surface area contributed by atoms with Crippen molar-refractivity contribution in [1.29, 1.82) is 0 Å². The Labute approximate surface area is 118 Å². The Hall–Kier alpha value is -1.81. The highest BCUT2D eigenvalue weighted by Gasteiger charge is 2.10. The monoisotopic (exact) mass is 276 g/mol. The fourth-order valence-electron chi connectivity index (χ4n) is 1.88. The van der Waals surface area contributed by atoms with E-state index in [2.05, 4.69) is 15.3 Å². The number of nitrogens with one attached hydrogen (secondary N) is 1. The molecule has 3 N–H and O–H groups in total. The van der Waals surface area contributed by atoms with Gasteiger partial charge in [-0.1, -0.05) is 36.7 Å². The molecule has 0 bridgehead atoms. The second-order valence-corrected chi connectivity index (χ2v) is 4.74. The minimum absolute atomic E-state index is 0.0488. The Kier molecular flexibility index (Phi) is 4.22. The number of nitrogen functional groups attached to an aromatic ring is 1. The Morgan fingerprint density at radius 2 is 2.05 bits per heavy atom. The van der Waals surface area contributed by atoms with Crippen molar-refractivity contribution in [2.24, 2.45) is 0 Å². The van der Waals surface area contributed by atoms with Crippen LogP contribution in [0, 0.1) is 0 Å². The van der Waals surface area contributed by atoms with Gasteiger partial charge in [0.15, 0.2) is 0 Å². The largest absolute Gasteiger partial charge is 0.384 e. The lowest BCUT2D eigenvalue weighted by atomic mass is 10.1. The molecule has 1 atom stereocenters. The standard InChI is InChI=1S/C14H17ClN4/c1-3-13-18-12(16)8-14(19-13)17-9(2)10-6-4-5-7-11(10)15/h4-9H,3H2,1-2H3,(H3,16,17,18,19). The van der Waals surface area contributed by atoms with Gasteiger partial charge in [0.05, 0.1) is 6.04 Å². The van der Waals surface area contributed by atoms with E-state index in [1.807, 2.05) is 38.1 Å². The number of anilines is 2. The summed E-state index contributed by atoms with van der Waals surface area (Å²) in [7, 11) is 0. The Morgan fingerprint density at radius 3 is 2.74 bits per heavy atom. The summed E-state index contributed by atoms with van der Waals surface area (Å²) in [4.78, 5) is 8.55. The van der Waals surface area contributed by atoms with E-state index in [1.54, 1.807) is 6.07 Å². The van der Waals surface area contributed by atoms with Crippen LogP contribution in [0.2, 0.25) is 5.02 Å². The molecule has 1 aromatic carbocycles. The van der Waals surface area contributed by atoms with Crippen LogP contribution in [0.1, 0.15) is 31.3 Å². The predicted molar refractivity (Wildman–Crippen MR) is 79.3 cm³/mol. The molecular formula is C14H17ClN4. The van der Waals surface area contributed by atoms with Gasteiger partial charge in [-0.25, -0.2) is 9.97 Å². The minimum Gasteiger partial charge on any atom is -0.384 e. The van der Waals surface area contributed by atoms with Crippen molar-refractivity contribution in [3.8, 4) is 0 Å². The zero-order valence-corrected chi connectivity index (χ0v) is 11.8. The molecule has 0 spiro atoms. The maximum absolute atomic E-state index is 6.18. The van der Waals surface area contributed by atoms with Gasteiger partial charge in [0.1, 0.15) is 17.5 Å². The molecule has 0 saturated carbocycles. The predicted octanol–water partition coefficient (Wildman–Crippen LogP) is 3.45. The van der Waals surface area contributed by atoms with Crippen LogP contribution in [0.25, 0.3) is 0 Å². The highest BCUT2D eigenvalue weighted by Crippen LogP contribution is 2.25. The molecule has 19 heavy (non-hydrogen) atoms. The second kappa shape index (κ2) is 5.89. The van der Waals surface area contributed by atoms with Gasteiger partial charge < -0.3 is 11.1 Å². The fourth-order valence-corrected chi connectivity index (χ4v) is 2.17. The second-order valence-electron chi connectivity index (χ2n) is 4.34. The molecule has 0 saturated heterocycles. The molecule has 1 aromatic heterocycles. The molecule has 2 aromatic rings. The Balaban J connectivity index is 2.21. The van der Waals surface area contributed by atoms with E-state index in [1.165, 1.54) is 0 Å². The first-order chi connectivity index (χ1) is 9.10. The highest BCUT2D eigenvalue weighted by atomic mass is 35.5. The molecule has 5 heteroatoms. The molecule has 2 rings (SSSR count). The average molecular weight is 277 g/mol. The van der Waals surface area contributed by atoms with Gasteiger partial charge in [-0.3, -0.25) is 0 Å². The van der Waals surface area contributed by atoms with Crippen LogP contribution >= 0.6 is 11.6 Å². The first kappa shape index (κ1) is 13.6. The first-order valence-electron chi connectivity index (χ1n) is 6.24. The minimum atomic E-state index is 0.0488. The van der Waals surface area contributed by atoms with E-state index in [9.17, 15) is 0 Å². The zero-order valence-electron chi connectivity index (χ0n) is 11.0. The molecule has 0 aliphatic rings. The fraction of sp³-hybridized carbons (Fsp3) is 0.286. The summed E-state index contributed by atoms with van der Waals surface area (Å²) < 4.78 is 0. The van der Waals surface area contributed by atoms with E-state index in [-0.39, 0.29) is 6.04 Å². The van der Waals surface area contributed by atoms with Crippen molar-refractivity contribution < 1.29 is 0 Å². The third kappa shape index (κ3) is 3.35. The zero-order chi connectivity index (χ0) is 13.8. The van der Waals surface area contributed by atoms with E-state index in [4.69, 9.17) is 17.3 Å². The number of aryl methyl sites for hydroxylation is 1. The molecule has 1 unspecified atom stereocenters. The molecule has 4 nitrogen and oxygen atoms in total. The number of nitrogens with two attached hydrogens (primary N) is 1. The number of halogens is 1. The third-order valence-electron chi connectivity index (χ3n) is 2.84. The Morgan fingerprint density at radius 1 is 1.32 bits per heavy atom. The molecule has 0 fully saturated rings. The summed E-state index contributed by atoms with van der Waals surface area (Å²) in [6.07, 6.45) is 0.750. The molecule has 100 valence electrons. The highest BCUT2D eigenvalue weighted by molar-refractivity contribution is 6.31. The lowest BCUT2D eigenvalue weighted by Gasteiger charge is -2.16. The van der Waals surface area contributed by atoms with Crippen LogP contribution in [0.3, 0.4) is 0 Å². The smallest absolute Gasteiger partial charge is 0.132 e. The van der Waals surface area contributed by atoms with Crippen molar-refractivity contribution >= 4 is 23.2 Å². The van der Waals surface area contributed by atoms with E-state index < -0.39 is 0 Å². The van der Waals surface area contributed by atoms with Crippen LogP contribution in [-0.2, 0) is 6.42 Å². The normalized spacial score (nSPS) is 12.2. The number of hydrogen-bond acceptors (Lipinski definition) is 4. The van der Waals surface area contributed by atoms with Gasteiger partial charge in [-0.15, -0.1) is 0 Å². The van der Waals surface area contributed by atoms with E-state index in [0.29, 0.717) is 5.82 Å². The summed E-state index contributed by atoms with van der Waals surface area (Å²) >= 11 is 6.18. The lowest BCUT2D eigenvalue weighted by Crippen LogP contribution is -2.10. The van der Waals surface area contributed by atoms with Crippen molar-refractivity contribution in [2.75, 3.05) is 11.1 Å². The third-order valence-corrected chi connectivity index (χ3v) is 3.19. The summed E-state index contributed by atoms with van der Waals surface area (Å²) in [5.41, 5.74) is 6.79. The number of benzene rings is 1. The van der Waals surface area contributed by atoms with Gasteiger partial charge in [0.2, 0.25) is 0 Å². The molecular weight excluding hydrogens is 260 g/mol. The number of aromatic nitrogens is 2.